The summed E-state index contributed by atoms with van der Waals surface area (Å²) in [7, 11) is 0. The lowest BCUT2D eigenvalue weighted by molar-refractivity contribution is -0.136. The quantitative estimate of drug-likeness (QED) is 0.456. The topological polar surface area (TPSA) is 65.1 Å². The average molecular weight is 461 g/mol. The highest BCUT2D eigenvalue weighted by molar-refractivity contribution is 6.36. The minimum atomic E-state index is -0.353. The molecule has 2 amide bonds. The number of piperazine rings is 1. The molecule has 2 aromatic carbocycles. The highest BCUT2D eigenvalue weighted by Crippen LogP contribution is 2.32. The molecule has 2 heterocycles. The Kier molecular flexibility index (Phi) is 7.33. The van der Waals surface area contributed by atoms with Crippen molar-refractivity contribution in [3.8, 4) is 5.75 Å². The maximum Gasteiger partial charge on any atom is 0.278 e. The Balaban J connectivity index is 1.58. The van der Waals surface area contributed by atoms with E-state index in [1.54, 1.807) is 6.08 Å². The van der Waals surface area contributed by atoms with Gasteiger partial charge in [-0.2, -0.15) is 0 Å². The van der Waals surface area contributed by atoms with Crippen molar-refractivity contribution in [2.45, 2.75) is 13.8 Å². The number of rotatable bonds is 9. The van der Waals surface area contributed by atoms with Crippen LogP contribution < -0.4 is 15.0 Å². The molecule has 1 N–H and O–H groups in total. The van der Waals surface area contributed by atoms with Crippen LogP contribution in [0.1, 0.15) is 19.4 Å². The normalized spacial score (nSPS) is 16.9. The molecule has 7 nitrogen and oxygen atoms in total. The van der Waals surface area contributed by atoms with Crippen molar-refractivity contribution in [2.75, 3.05) is 56.1 Å². The third kappa shape index (κ3) is 4.84. The number of hydrogen-bond acceptors (Lipinski definition) is 6. The van der Waals surface area contributed by atoms with Crippen molar-refractivity contribution >= 4 is 28.8 Å². The molecule has 0 saturated carbocycles. The van der Waals surface area contributed by atoms with Crippen molar-refractivity contribution in [1.29, 1.82) is 0 Å². The minimum absolute atomic E-state index is 0.159. The zero-order valence-electron chi connectivity index (χ0n) is 19.9. The molecule has 7 heteroatoms. The molecule has 178 valence electrons. The SMILES string of the molecule is C=CCN1C(=O)C(Nc2ccc(N3CCN(CC)CC3)cc2)=C(c2ccc(OCC)cc2)C1=O. The maximum absolute atomic E-state index is 13.1. The zero-order chi connectivity index (χ0) is 24.1. The van der Waals surface area contributed by atoms with Gasteiger partial charge in [0, 0.05) is 44.1 Å². The van der Waals surface area contributed by atoms with Gasteiger partial charge in [-0.1, -0.05) is 25.1 Å². The molecule has 0 atom stereocenters. The van der Waals surface area contributed by atoms with E-state index in [0.29, 0.717) is 17.7 Å². The average Bonchev–Trinajstić information content (AvgIpc) is 3.10. The summed E-state index contributed by atoms with van der Waals surface area (Å²) in [5, 5.41) is 3.22. The molecule has 34 heavy (non-hydrogen) atoms. The number of nitrogens with one attached hydrogen (secondary N) is 1. The van der Waals surface area contributed by atoms with E-state index in [9.17, 15) is 9.59 Å². The van der Waals surface area contributed by atoms with Crippen molar-refractivity contribution in [1.82, 2.24) is 9.80 Å². The van der Waals surface area contributed by atoms with Crippen LogP contribution in [0.25, 0.3) is 5.57 Å². The molecule has 0 unspecified atom stereocenters. The molecule has 0 aliphatic carbocycles. The van der Waals surface area contributed by atoms with Gasteiger partial charge in [-0.05, 0) is 55.4 Å². The summed E-state index contributed by atoms with van der Waals surface area (Å²) in [6.07, 6.45) is 1.56. The van der Waals surface area contributed by atoms with E-state index in [2.05, 4.69) is 40.8 Å². The first-order valence-corrected chi connectivity index (χ1v) is 11.8. The Hall–Kier alpha value is -3.58. The fraction of sp³-hybridized carbons (Fsp3) is 0.333. The first-order valence-electron chi connectivity index (χ1n) is 11.8. The van der Waals surface area contributed by atoms with Gasteiger partial charge in [0.2, 0.25) is 0 Å². The van der Waals surface area contributed by atoms with E-state index in [1.165, 1.54) is 4.90 Å². The molecule has 1 saturated heterocycles. The Morgan fingerprint density at radius 3 is 2.21 bits per heavy atom. The second kappa shape index (κ2) is 10.6. The van der Waals surface area contributed by atoms with Crippen molar-refractivity contribution in [2.24, 2.45) is 0 Å². The number of carbonyl (C=O) groups is 2. The lowest BCUT2D eigenvalue weighted by Crippen LogP contribution is -2.46. The Labute approximate surface area is 201 Å². The van der Waals surface area contributed by atoms with Gasteiger partial charge in [0.15, 0.2) is 0 Å². The predicted octanol–water partition coefficient (Wildman–Crippen LogP) is 3.61. The monoisotopic (exact) mass is 460 g/mol. The van der Waals surface area contributed by atoms with E-state index in [1.807, 2.05) is 43.3 Å². The summed E-state index contributed by atoms with van der Waals surface area (Å²) >= 11 is 0. The number of imide groups is 1. The molecular weight excluding hydrogens is 428 g/mol. The number of hydrogen-bond donors (Lipinski definition) is 1. The van der Waals surface area contributed by atoms with Crippen LogP contribution in [0.3, 0.4) is 0 Å². The van der Waals surface area contributed by atoms with Crippen molar-refractivity contribution in [3.63, 3.8) is 0 Å². The third-order valence-electron chi connectivity index (χ3n) is 6.25. The summed E-state index contributed by atoms with van der Waals surface area (Å²) < 4.78 is 5.51. The van der Waals surface area contributed by atoms with Gasteiger partial charge in [-0.15, -0.1) is 6.58 Å². The summed E-state index contributed by atoms with van der Waals surface area (Å²) in [6, 6.07) is 15.3. The number of ether oxygens (including phenoxy) is 1. The molecule has 0 spiro atoms. The largest absolute Gasteiger partial charge is 0.494 e. The first kappa shape index (κ1) is 23.6. The Morgan fingerprint density at radius 1 is 0.941 bits per heavy atom. The Morgan fingerprint density at radius 2 is 1.62 bits per heavy atom. The van der Waals surface area contributed by atoms with Crippen LogP contribution in [-0.2, 0) is 9.59 Å². The summed E-state index contributed by atoms with van der Waals surface area (Å²) in [5.41, 5.74) is 3.22. The molecule has 2 aromatic rings. The zero-order valence-corrected chi connectivity index (χ0v) is 19.9. The number of amides is 2. The van der Waals surface area contributed by atoms with Crippen LogP contribution in [0.2, 0.25) is 0 Å². The third-order valence-corrected chi connectivity index (χ3v) is 6.25. The smallest absolute Gasteiger partial charge is 0.278 e. The lowest BCUT2D eigenvalue weighted by Gasteiger charge is -2.35. The first-order chi connectivity index (χ1) is 16.5. The van der Waals surface area contributed by atoms with Gasteiger partial charge in [-0.25, -0.2) is 0 Å². The van der Waals surface area contributed by atoms with E-state index < -0.39 is 0 Å². The van der Waals surface area contributed by atoms with Crippen LogP contribution in [0.5, 0.6) is 5.75 Å². The summed E-state index contributed by atoms with van der Waals surface area (Å²) in [4.78, 5) is 32.3. The van der Waals surface area contributed by atoms with Gasteiger partial charge < -0.3 is 19.9 Å². The molecule has 2 aliphatic heterocycles. The van der Waals surface area contributed by atoms with Crippen LogP contribution in [-0.4, -0.2) is 67.5 Å². The predicted molar refractivity (Wildman–Crippen MR) is 136 cm³/mol. The second-order valence-electron chi connectivity index (χ2n) is 8.31. The number of nitrogens with zero attached hydrogens (tertiary/aromatic N) is 3. The fourth-order valence-electron chi connectivity index (χ4n) is 4.36. The lowest BCUT2D eigenvalue weighted by atomic mass is 10.0. The van der Waals surface area contributed by atoms with Gasteiger partial charge in [-0.3, -0.25) is 14.5 Å². The van der Waals surface area contributed by atoms with E-state index in [0.717, 1.165) is 49.8 Å². The number of anilines is 2. The highest BCUT2D eigenvalue weighted by Gasteiger charge is 2.38. The van der Waals surface area contributed by atoms with Crippen molar-refractivity contribution in [3.05, 3.63) is 72.4 Å². The number of carbonyl (C=O) groups excluding carboxylic acids is 2. The molecule has 1 fully saturated rings. The molecule has 0 aromatic heterocycles. The van der Waals surface area contributed by atoms with Gasteiger partial charge in [0.25, 0.3) is 11.8 Å². The number of benzene rings is 2. The highest BCUT2D eigenvalue weighted by atomic mass is 16.5. The van der Waals surface area contributed by atoms with E-state index >= 15 is 0 Å². The number of likely N-dealkylation sites (N-methyl/N-ethyl adjacent to an activating group) is 1. The minimum Gasteiger partial charge on any atom is -0.494 e. The summed E-state index contributed by atoms with van der Waals surface area (Å²) in [6.45, 7) is 13.7. The van der Waals surface area contributed by atoms with Crippen LogP contribution in [0.15, 0.2) is 66.9 Å². The fourth-order valence-corrected chi connectivity index (χ4v) is 4.36. The van der Waals surface area contributed by atoms with Crippen molar-refractivity contribution < 1.29 is 14.3 Å². The maximum atomic E-state index is 13.1. The molecular formula is C27H32N4O3. The van der Waals surface area contributed by atoms with Crippen LogP contribution >= 0.6 is 0 Å². The summed E-state index contributed by atoms with van der Waals surface area (Å²) in [5.74, 6) is 0.0342. The van der Waals surface area contributed by atoms with E-state index in [4.69, 9.17) is 4.74 Å². The second-order valence-corrected chi connectivity index (χ2v) is 8.31. The molecule has 2 aliphatic rings. The van der Waals surface area contributed by atoms with Crippen LogP contribution in [0.4, 0.5) is 11.4 Å². The molecule has 4 rings (SSSR count). The van der Waals surface area contributed by atoms with Gasteiger partial charge >= 0.3 is 0 Å². The van der Waals surface area contributed by atoms with E-state index in [-0.39, 0.29) is 24.1 Å². The van der Waals surface area contributed by atoms with Gasteiger partial charge in [0.1, 0.15) is 11.4 Å². The Bertz CT molecular complexity index is 1070. The standard InChI is InChI=1S/C27H32N4O3/c1-4-15-31-26(32)24(20-7-13-23(14-8-20)34-6-3)25(27(31)33)28-21-9-11-22(12-10-21)30-18-16-29(5-2)17-19-30/h4,7-14,28H,1,5-6,15-19H2,2-3H3. The van der Waals surface area contributed by atoms with Gasteiger partial charge in [0.05, 0.1) is 12.2 Å². The van der Waals surface area contributed by atoms with Crippen LogP contribution in [0, 0.1) is 0 Å². The molecule has 0 radical (unpaired) electrons. The molecule has 0 bridgehead atoms.